The Morgan fingerprint density at radius 1 is 1.38 bits per heavy atom. The van der Waals surface area contributed by atoms with Gasteiger partial charge in [0.2, 0.25) is 11.8 Å². The number of nitrogens with zero attached hydrogens (tertiary/aromatic N) is 2. The van der Waals surface area contributed by atoms with Crippen molar-refractivity contribution >= 4 is 23.4 Å². The number of hydrogen-bond donors (Lipinski definition) is 2. The summed E-state index contributed by atoms with van der Waals surface area (Å²) in [6.45, 7) is 3.07. The lowest BCUT2D eigenvalue weighted by Gasteiger charge is -2.37. The number of rotatable bonds is 3. The monoisotopic (exact) mass is 354 g/mol. The number of likely N-dealkylation sites (tertiary alicyclic amines) is 1. The predicted molar refractivity (Wildman–Crippen MR) is 95.2 cm³/mol. The Bertz CT molecular complexity index is 783. The molecular weight excluding hydrogens is 332 g/mol. The van der Waals surface area contributed by atoms with Crippen LogP contribution in [0.1, 0.15) is 42.1 Å². The molecule has 1 saturated heterocycles. The highest BCUT2D eigenvalue weighted by atomic mass is 16.2. The molecule has 0 bridgehead atoms. The van der Waals surface area contributed by atoms with Crippen molar-refractivity contribution in [3.05, 3.63) is 29.3 Å². The van der Waals surface area contributed by atoms with Crippen LogP contribution in [0.3, 0.4) is 0 Å². The highest BCUT2D eigenvalue weighted by molar-refractivity contribution is 5.99. The van der Waals surface area contributed by atoms with Gasteiger partial charge in [0.1, 0.15) is 6.42 Å². The van der Waals surface area contributed by atoms with Gasteiger partial charge in [-0.3, -0.25) is 14.4 Å². The van der Waals surface area contributed by atoms with E-state index in [2.05, 4.69) is 10.6 Å². The van der Waals surface area contributed by atoms with Crippen molar-refractivity contribution in [3.8, 4) is 6.07 Å². The maximum Gasteiger partial charge on any atom is 0.251 e. The molecule has 1 aromatic rings. The molecule has 0 aromatic heterocycles. The lowest BCUT2D eigenvalue weighted by atomic mass is 9.92. The first-order chi connectivity index (χ1) is 12.5. The molecule has 3 rings (SSSR count). The summed E-state index contributed by atoms with van der Waals surface area (Å²) in [5.74, 6) is -0.223. The SMILES string of the molecule is CC1CCN(C(=O)CC#N)CC1NC(=O)c1ccc2c(c1)NC(=O)CC2. The van der Waals surface area contributed by atoms with Crippen LogP contribution in [0.25, 0.3) is 0 Å². The minimum Gasteiger partial charge on any atom is -0.347 e. The molecule has 3 amide bonds. The summed E-state index contributed by atoms with van der Waals surface area (Å²) < 4.78 is 0. The van der Waals surface area contributed by atoms with Gasteiger partial charge in [0, 0.05) is 36.8 Å². The molecule has 0 spiro atoms. The van der Waals surface area contributed by atoms with Gasteiger partial charge in [-0.1, -0.05) is 13.0 Å². The zero-order chi connectivity index (χ0) is 18.7. The molecule has 7 nitrogen and oxygen atoms in total. The number of nitrogens with one attached hydrogen (secondary N) is 2. The summed E-state index contributed by atoms with van der Waals surface area (Å²) in [5.41, 5.74) is 2.20. The number of carbonyl (C=O) groups is 3. The second-order valence-electron chi connectivity index (χ2n) is 6.94. The molecule has 2 heterocycles. The highest BCUT2D eigenvalue weighted by Gasteiger charge is 2.30. The van der Waals surface area contributed by atoms with Crippen molar-refractivity contribution < 1.29 is 14.4 Å². The van der Waals surface area contributed by atoms with Gasteiger partial charge >= 0.3 is 0 Å². The average molecular weight is 354 g/mol. The Morgan fingerprint density at radius 3 is 2.96 bits per heavy atom. The minimum atomic E-state index is -0.223. The van der Waals surface area contributed by atoms with Gasteiger partial charge in [0.05, 0.1) is 6.07 Å². The van der Waals surface area contributed by atoms with Gasteiger partial charge in [0.15, 0.2) is 0 Å². The number of hydrogen-bond acceptors (Lipinski definition) is 4. The minimum absolute atomic E-state index is 0.0393. The second-order valence-corrected chi connectivity index (χ2v) is 6.94. The summed E-state index contributed by atoms with van der Waals surface area (Å²) in [6.07, 6.45) is 1.78. The average Bonchev–Trinajstić information content (AvgIpc) is 2.63. The number of nitriles is 1. The van der Waals surface area contributed by atoms with Crippen molar-refractivity contribution in [3.63, 3.8) is 0 Å². The summed E-state index contributed by atoms with van der Waals surface area (Å²) in [5, 5.41) is 14.5. The van der Waals surface area contributed by atoms with E-state index in [1.54, 1.807) is 17.0 Å². The molecule has 0 saturated carbocycles. The zero-order valence-electron chi connectivity index (χ0n) is 14.7. The Kier molecular flexibility index (Phi) is 5.21. The lowest BCUT2D eigenvalue weighted by Crippen LogP contribution is -2.53. The summed E-state index contributed by atoms with van der Waals surface area (Å²) in [7, 11) is 0. The summed E-state index contributed by atoms with van der Waals surface area (Å²) in [6, 6.07) is 7.05. The third-order valence-corrected chi connectivity index (χ3v) is 5.13. The molecule has 136 valence electrons. The number of fused-ring (bicyclic) bond motifs is 1. The van der Waals surface area contributed by atoms with E-state index in [1.165, 1.54) is 0 Å². The third kappa shape index (κ3) is 3.85. The third-order valence-electron chi connectivity index (χ3n) is 5.13. The zero-order valence-corrected chi connectivity index (χ0v) is 14.7. The van der Waals surface area contributed by atoms with Crippen LogP contribution in [0.4, 0.5) is 5.69 Å². The van der Waals surface area contributed by atoms with Crippen LogP contribution in [0.2, 0.25) is 0 Å². The Morgan fingerprint density at radius 2 is 2.19 bits per heavy atom. The molecule has 0 aliphatic carbocycles. The van der Waals surface area contributed by atoms with Crippen LogP contribution in [0, 0.1) is 17.2 Å². The number of anilines is 1. The number of aryl methyl sites for hydroxylation is 1. The highest BCUT2D eigenvalue weighted by Crippen LogP contribution is 2.24. The fraction of sp³-hybridized carbons (Fsp3) is 0.474. The van der Waals surface area contributed by atoms with E-state index in [0.717, 1.165) is 12.0 Å². The van der Waals surface area contributed by atoms with Crippen LogP contribution >= 0.6 is 0 Å². The molecule has 2 N–H and O–H groups in total. The first-order valence-electron chi connectivity index (χ1n) is 8.86. The van der Waals surface area contributed by atoms with Gasteiger partial charge in [-0.2, -0.15) is 5.26 Å². The van der Waals surface area contributed by atoms with Crippen molar-refractivity contribution in [2.45, 2.75) is 38.6 Å². The molecule has 2 atom stereocenters. The number of benzene rings is 1. The number of carbonyl (C=O) groups excluding carboxylic acids is 3. The topological polar surface area (TPSA) is 102 Å². The molecule has 0 radical (unpaired) electrons. The molecule has 2 aliphatic rings. The van der Waals surface area contributed by atoms with Crippen molar-refractivity contribution in [1.29, 1.82) is 5.26 Å². The molecule has 26 heavy (non-hydrogen) atoms. The lowest BCUT2D eigenvalue weighted by molar-refractivity contribution is -0.132. The number of piperidine rings is 1. The smallest absolute Gasteiger partial charge is 0.251 e. The number of amides is 3. The van der Waals surface area contributed by atoms with Crippen LogP contribution in [-0.4, -0.2) is 41.8 Å². The maximum atomic E-state index is 12.6. The Hall–Kier alpha value is -2.88. The van der Waals surface area contributed by atoms with Gasteiger partial charge in [-0.15, -0.1) is 0 Å². The quantitative estimate of drug-likeness (QED) is 0.857. The molecule has 1 fully saturated rings. The second kappa shape index (κ2) is 7.56. The van der Waals surface area contributed by atoms with E-state index in [4.69, 9.17) is 5.26 Å². The van der Waals surface area contributed by atoms with Crippen LogP contribution in [-0.2, 0) is 16.0 Å². The largest absolute Gasteiger partial charge is 0.347 e. The predicted octanol–water partition coefficient (Wildman–Crippen LogP) is 1.45. The first kappa shape index (κ1) is 17.9. The van der Waals surface area contributed by atoms with E-state index in [0.29, 0.717) is 37.2 Å². The van der Waals surface area contributed by atoms with Crippen molar-refractivity contribution in [2.24, 2.45) is 5.92 Å². The molecule has 2 unspecified atom stereocenters. The normalized spacial score (nSPS) is 22.0. The molecular formula is C19H22N4O3. The molecule has 7 heteroatoms. The van der Waals surface area contributed by atoms with Crippen molar-refractivity contribution in [2.75, 3.05) is 18.4 Å². The van der Waals surface area contributed by atoms with Gasteiger partial charge in [0.25, 0.3) is 5.91 Å². The van der Waals surface area contributed by atoms with Crippen molar-refractivity contribution in [1.82, 2.24) is 10.2 Å². The molecule has 2 aliphatic heterocycles. The van der Waals surface area contributed by atoms with E-state index in [1.807, 2.05) is 19.1 Å². The maximum absolute atomic E-state index is 12.6. The van der Waals surface area contributed by atoms with Gasteiger partial charge in [-0.25, -0.2) is 0 Å². The summed E-state index contributed by atoms with van der Waals surface area (Å²) in [4.78, 5) is 37.8. The Balaban J connectivity index is 1.68. The van der Waals surface area contributed by atoms with Crippen LogP contribution in [0.5, 0.6) is 0 Å². The van der Waals surface area contributed by atoms with E-state index >= 15 is 0 Å². The van der Waals surface area contributed by atoms with Crippen LogP contribution < -0.4 is 10.6 Å². The van der Waals surface area contributed by atoms with Crippen LogP contribution in [0.15, 0.2) is 18.2 Å². The van der Waals surface area contributed by atoms with Gasteiger partial charge in [-0.05, 0) is 36.5 Å². The standard InChI is InChI=1S/C19H22N4O3/c1-12-7-9-23(18(25)6-8-20)11-16(12)22-19(26)14-3-2-13-4-5-17(24)21-15(13)10-14/h2-3,10,12,16H,4-7,9,11H2,1H3,(H,21,24)(H,22,26). The van der Waals surface area contributed by atoms with Gasteiger partial charge < -0.3 is 15.5 Å². The fourth-order valence-corrected chi connectivity index (χ4v) is 3.43. The molecule has 1 aromatic carbocycles. The van der Waals surface area contributed by atoms with E-state index in [9.17, 15) is 14.4 Å². The fourth-order valence-electron chi connectivity index (χ4n) is 3.43. The Labute approximate surface area is 152 Å². The van der Waals surface area contributed by atoms with E-state index < -0.39 is 0 Å². The first-order valence-corrected chi connectivity index (χ1v) is 8.86. The summed E-state index contributed by atoms with van der Waals surface area (Å²) >= 11 is 0. The van der Waals surface area contributed by atoms with E-state index in [-0.39, 0.29) is 36.1 Å².